The van der Waals surface area contributed by atoms with Gasteiger partial charge < -0.3 is 10.6 Å². The molecule has 0 bridgehead atoms. The quantitative estimate of drug-likeness (QED) is 0.803. The molecule has 25 heavy (non-hydrogen) atoms. The van der Waals surface area contributed by atoms with Crippen LogP contribution in [0.2, 0.25) is 10.0 Å². The van der Waals surface area contributed by atoms with E-state index in [0.717, 1.165) is 31.5 Å². The van der Waals surface area contributed by atoms with Gasteiger partial charge in [-0.25, -0.2) is 0 Å². The molecule has 0 aliphatic carbocycles. The van der Waals surface area contributed by atoms with Crippen molar-refractivity contribution in [3.05, 3.63) is 51.8 Å². The van der Waals surface area contributed by atoms with Crippen LogP contribution in [0.25, 0.3) is 0 Å². The van der Waals surface area contributed by atoms with Crippen molar-refractivity contribution in [2.45, 2.75) is 25.3 Å². The number of rotatable bonds is 5. The van der Waals surface area contributed by atoms with E-state index >= 15 is 0 Å². The van der Waals surface area contributed by atoms with Gasteiger partial charge in [-0.05, 0) is 49.6 Å². The highest BCUT2D eigenvalue weighted by Crippen LogP contribution is 2.21. The highest BCUT2D eigenvalue weighted by atomic mass is 35.5. The SMILES string of the molecule is Cl.O=C(NCCc1ccc(Cl)cc1Cl)c1ccn(C2CCCNC2)n1. The zero-order valence-corrected chi connectivity index (χ0v) is 16.0. The Bertz CT molecular complexity index is 714. The average molecular weight is 404 g/mol. The van der Waals surface area contributed by atoms with Gasteiger partial charge in [0, 0.05) is 29.3 Å². The molecule has 1 atom stereocenters. The Morgan fingerprint density at radius 3 is 2.92 bits per heavy atom. The summed E-state index contributed by atoms with van der Waals surface area (Å²) >= 11 is 12.0. The van der Waals surface area contributed by atoms with Crippen molar-refractivity contribution in [1.82, 2.24) is 20.4 Å². The van der Waals surface area contributed by atoms with Crippen LogP contribution in [-0.2, 0) is 6.42 Å². The molecular formula is C17H21Cl3N4O. The first-order valence-corrected chi connectivity index (χ1v) is 8.87. The molecule has 0 radical (unpaired) electrons. The van der Waals surface area contributed by atoms with Crippen LogP contribution in [0.3, 0.4) is 0 Å². The fraction of sp³-hybridized carbons (Fsp3) is 0.412. The van der Waals surface area contributed by atoms with E-state index in [1.54, 1.807) is 18.2 Å². The second kappa shape index (κ2) is 9.43. The number of piperidine rings is 1. The number of benzene rings is 1. The minimum absolute atomic E-state index is 0. The summed E-state index contributed by atoms with van der Waals surface area (Å²) in [4.78, 5) is 12.2. The van der Waals surface area contributed by atoms with Crippen molar-refractivity contribution in [1.29, 1.82) is 0 Å². The number of hydrogen-bond donors (Lipinski definition) is 2. The summed E-state index contributed by atoms with van der Waals surface area (Å²) in [5, 5.41) is 11.9. The van der Waals surface area contributed by atoms with E-state index in [9.17, 15) is 4.79 Å². The number of hydrogen-bond acceptors (Lipinski definition) is 3. The molecule has 0 saturated carbocycles. The van der Waals surface area contributed by atoms with Crippen LogP contribution in [0.5, 0.6) is 0 Å². The monoisotopic (exact) mass is 402 g/mol. The highest BCUT2D eigenvalue weighted by Gasteiger charge is 2.17. The molecule has 1 aliphatic heterocycles. The Balaban J connectivity index is 0.00000225. The molecule has 1 unspecified atom stereocenters. The standard InChI is InChI=1S/C17H20Cl2N4O.ClH/c18-13-4-3-12(15(19)10-13)5-8-21-17(24)16-6-9-23(22-16)14-2-1-7-20-11-14;/h3-4,6,9-10,14,20H,1-2,5,7-8,11H2,(H,21,24);1H. The molecule has 1 fully saturated rings. The average Bonchev–Trinajstić information content (AvgIpc) is 3.08. The summed E-state index contributed by atoms with van der Waals surface area (Å²) in [6.07, 6.45) is 4.75. The van der Waals surface area contributed by atoms with Gasteiger partial charge in [0.05, 0.1) is 6.04 Å². The van der Waals surface area contributed by atoms with Gasteiger partial charge in [0.2, 0.25) is 0 Å². The van der Waals surface area contributed by atoms with Crippen molar-refractivity contribution < 1.29 is 4.79 Å². The first-order chi connectivity index (χ1) is 11.6. The smallest absolute Gasteiger partial charge is 0.271 e. The largest absolute Gasteiger partial charge is 0.350 e. The Morgan fingerprint density at radius 2 is 2.20 bits per heavy atom. The van der Waals surface area contributed by atoms with E-state index in [1.807, 2.05) is 16.9 Å². The van der Waals surface area contributed by atoms with Crippen LogP contribution in [0.4, 0.5) is 0 Å². The maximum absolute atomic E-state index is 12.2. The van der Waals surface area contributed by atoms with Crippen molar-refractivity contribution in [3.8, 4) is 0 Å². The predicted molar refractivity (Wildman–Crippen MR) is 103 cm³/mol. The Kier molecular flexibility index (Phi) is 7.56. The molecule has 1 aromatic carbocycles. The fourth-order valence-electron chi connectivity index (χ4n) is 2.85. The van der Waals surface area contributed by atoms with Crippen LogP contribution in [0.1, 0.15) is 34.9 Å². The van der Waals surface area contributed by atoms with Gasteiger partial charge in [0.15, 0.2) is 0 Å². The second-order valence-electron chi connectivity index (χ2n) is 5.92. The second-order valence-corrected chi connectivity index (χ2v) is 6.77. The molecule has 2 heterocycles. The van der Waals surface area contributed by atoms with Crippen LogP contribution in [0.15, 0.2) is 30.5 Å². The number of carbonyl (C=O) groups is 1. The zero-order chi connectivity index (χ0) is 16.9. The van der Waals surface area contributed by atoms with Crippen LogP contribution >= 0.6 is 35.6 Å². The fourth-order valence-corrected chi connectivity index (χ4v) is 3.35. The number of carbonyl (C=O) groups excluding carboxylic acids is 1. The number of nitrogens with one attached hydrogen (secondary N) is 2. The van der Waals surface area contributed by atoms with Gasteiger partial charge in [-0.1, -0.05) is 29.3 Å². The first kappa shape index (κ1) is 20.0. The van der Waals surface area contributed by atoms with Gasteiger partial charge in [-0.3, -0.25) is 9.48 Å². The number of nitrogens with zero attached hydrogens (tertiary/aromatic N) is 2. The highest BCUT2D eigenvalue weighted by molar-refractivity contribution is 6.35. The molecule has 3 rings (SSSR count). The van der Waals surface area contributed by atoms with Crippen LogP contribution in [-0.4, -0.2) is 35.3 Å². The summed E-state index contributed by atoms with van der Waals surface area (Å²) in [5.41, 5.74) is 1.41. The Labute approximate surface area is 163 Å². The molecule has 1 aromatic heterocycles. The number of amides is 1. The van der Waals surface area contributed by atoms with Crippen LogP contribution in [0, 0.1) is 0 Å². The molecule has 0 spiro atoms. The normalized spacial score (nSPS) is 17.0. The van der Waals surface area contributed by atoms with Gasteiger partial charge in [0.1, 0.15) is 5.69 Å². The minimum Gasteiger partial charge on any atom is -0.350 e. The lowest BCUT2D eigenvalue weighted by Crippen LogP contribution is -2.32. The number of aromatic nitrogens is 2. The summed E-state index contributed by atoms with van der Waals surface area (Å²) in [6, 6.07) is 7.47. The lowest BCUT2D eigenvalue weighted by molar-refractivity contribution is 0.0948. The third-order valence-electron chi connectivity index (χ3n) is 4.18. The molecule has 136 valence electrons. The lowest BCUT2D eigenvalue weighted by atomic mass is 10.1. The summed E-state index contributed by atoms with van der Waals surface area (Å²) in [6.45, 7) is 2.45. The van der Waals surface area contributed by atoms with Crippen molar-refractivity contribution in [3.63, 3.8) is 0 Å². The Morgan fingerprint density at radius 1 is 1.36 bits per heavy atom. The van der Waals surface area contributed by atoms with Crippen molar-refractivity contribution >= 4 is 41.5 Å². The number of halogens is 3. The Hall–Kier alpha value is -1.27. The van der Waals surface area contributed by atoms with E-state index in [0.29, 0.717) is 34.7 Å². The molecule has 1 aliphatic rings. The van der Waals surface area contributed by atoms with E-state index < -0.39 is 0 Å². The van der Waals surface area contributed by atoms with Crippen LogP contribution < -0.4 is 10.6 Å². The minimum atomic E-state index is -0.164. The summed E-state index contributed by atoms with van der Waals surface area (Å²) in [5.74, 6) is -0.164. The van der Waals surface area contributed by atoms with Gasteiger partial charge in [-0.2, -0.15) is 5.10 Å². The summed E-state index contributed by atoms with van der Waals surface area (Å²) in [7, 11) is 0. The van der Waals surface area contributed by atoms with E-state index in [4.69, 9.17) is 23.2 Å². The lowest BCUT2D eigenvalue weighted by Gasteiger charge is -2.22. The van der Waals surface area contributed by atoms with E-state index in [-0.39, 0.29) is 18.3 Å². The van der Waals surface area contributed by atoms with Crippen molar-refractivity contribution in [2.75, 3.05) is 19.6 Å². The molecule has 5 nitrogen and oxygen atoms in total. The van der Waals surface area contributed by atoms with Gasteiger partial charge >= 0.3 is 0 Å². The summed E-state index contributed by atoms with van der Waals surface area (Å²) < 4.78 is 1.89. The third kappa shape index (κ3) is 5.35. The molecule has 2 aromatic rings. The molecule has 2 N–H and O–H groups in total. The first-order valence-electron chi connectivity index (χ1n) is 8.11. The van der Waals surface area contributed by atoms with E-state index in [2.05, 4.69) is 15.7 Å². The van der Waals surface area contributed by atoms with E-state index in [1.165, 1.54) is 0 Å². The van der Waals surface area contributed by atoms with Gasteiger partial charge in [-0.15, -0.1) is 12.4 Å². The third-order valence-corrected chi connectivity index (χ3v) is 4.77. The maximum Gasteiger partial charge on any atom is 0.271 e. The molecule has 1 saturated heterocycles. The van der Waals surface area contributed by atoms with Gasteiger partial charge in [0.25, 0.3) is 5.91 Å². The molecule has 1 amide bonds. The zero-order valence-electron chi connectivity index (χ0n) is 13.7. The van der Waals surface area contributed by atoms with Crippen molar-refractivity contribution in [2.24, 2.45) is 0 Å². The maximum atomic E-state index is 12.2. The molecular weight excluding hydrogens is 383 g/mol. The molecule has 8 heteroatoms. The predicted octanol–water partition coefficient (Wildman–Crippen LogP) is 3.51. The topological polar surface area (TPSA) is 59.0 Å².